The third-order valence-corrected chi connectivity index (χ3v) is 4.64. The number of aromatic nitrogens is 1. The predicted molar refractivity (Wildman–Crippen MR) is 56.1 cm³/mol. The van der Waals surface area contributed by atoms with Gasteiger partial charge in [-0.25, -0.2) is 4.39 Å². The van der Waals surface area contributed by atoms with Crippen molar-refractivity contribution in [2.45, 2.75) is 10.1 Å². The Morgan fingerprint density at radius 3 is 2.67 bits per heavy atom. The summed E-state index contributed by atoms with van der Waals surface area (Å²) < 4.78 is 12.3. The normalized spacial score (nSPS) is 13.3. The standard InChI is InChI=1S/C6H8Cl2FNS2/c1-11-5-2-3-6(10-5)12(7,8)4-9/h2-3,10H,4H2,1H3. The van der Waals surface area contributed by atoms with E-state index in [1.807, 2.05) is 12.3 Å². The SMILES string of the molecule is CSc1ccc(S(Cl)(Cl)CF)[nH]1. The van der Waals surface area contributed by atoms with Crippen LogP contribution in [0.5, 0.6) is 0 Å². The monoisotopic (exact) mass is 247 g/mol. The molecule has 0 amide bonds. The molecule has 1 aromatic heterocycles. The fourth-order valence-corrected chi connectivity index (χ4v) is 2.37. The zero-order valence-electron chi connectivity index (χ0n) is 6.31. The van der Waals surface area contributed by atoms with Crippen LogP contribution in [0.15, 0.2) is 22.2 Å². The zero-order valence-corrected chi connectivity index (χ0v) is 9.46. The summed E-state index contributed by atoms with van der Waals surface area (Å²) in [6.45, 7) is 0. The molecule has 70 valence electrons. The Labute approximate surface area is 85.3 Å². The Morgan fingerprint density at radius 1 is 1.58 bits per heavy atom. The third kappa shape index (κ3) is 2.25. The summed E-state index contributed by atoms with van der Waals surface area (Å²) in [6, 6.07) is 2.84. The highest BCUT2D eigenvalue weighted by atomic mass is 36.0. The van der Waals surface area contributed by atoms with E-state index in [0.717, 1.165) is 5.03 Å². The van der Waals surface area contributed by atoms with Gasteiger partial charge >= 0.3 is 0 Å². The van der Waals surface area contributed by atoms with Crippen molar-refractivity contribution in [1.29, 1.82) is 0 Å². The van der Waals surface area contributed by atoms with Crippen LogP contribution in [0, 0.1) is 0 Å². The maximum atomic E-state index is 12.3. The largest absolute Gasteiger partial charge is 0.344 e. The van der Waals surface area contributed by atoms with E-state index in [4.69, 9.17) is 21.4 Å². The lowest BCUT2D eigenvalue weighted by Crippen LogP contribution is -1.86. The molecule has 0 aromatic carbocycles. The zero-order chi connectivity index (χ0) is 9.19. The van der Waals surface area contributed by atoms with Crippen LogP contribution in [0.4, 0.5) is 4.39 Å². The van der Waals surface area contributed by atoms with E-state index in [-0.39, 0.29) is 0 Å². The molecule has 0 aliphatic rings. The molecule has 12 heavy (non-hydrogen) atoms. The van der Waals surface area contributed by atoms with Crippen LogP contribution < -0.4 is 0 Å². The number of rotatable bonds is 3. The molecule has 1 heterocycles. The summed E-state index contributed by atoms with van der Waals surface area (Å²) in [6.07, 6.45) is 1.92. The second-order valence-corrected chi connectivity index (χ2v) is 8.37. The number of nitrogens with one attached hydrogen (secondary N) is 1. The lowest BCUT2D eigenvalue weighted by atomic mass is 10.7. The summed E-state index contributed by atoms with van der Waals surface area (Å²) in [4.78, 5) is 2.95. The first-order chi connectivity index (χ1) is 5.60. The summed E-state index contributed by atoms with van der Waals surface area (Å²) in [5, 5.41) is 1.52. The molecule has 0 saturated carbocycles. The van der Waals surface area contributed by atoms with Gasteiger partial charge in [0, 0.05) is 0 Å². The molecule has 1 nitrogen and oxygen atoms in total. The lowest BCUT2D eigenvalue weighted by molar-refractivity contribution is 0.603. The molecule has 0 fully saturated rings. The minimum atomic E-state index is -2.28. The van der Waals surface area contributed by atoms with E-state index in [2.05, 4.69) is 4.98 Å². The summed E-state index contributed by atoms with van der Waals surface area (Å²) >= 11 is 1.53. The smallest absolute Gasteiger partial charge is 0.149 e. The van der Waals surface area contributed by atoms with Crippen LogP contribution in [-0.4, -0.2) is 17.2 Å². The average molecular weight is 248 g/mol. The van der Waals surface area contributed by atoms with E-state index in [1.165, 1.54) is 11.8 Å². The van der Waals surface area contributed by atoms with Crippen molar-refractivity contribution in [2.24, 2.45) is 0 Å². The highest BCUT2D eigenvalue weighted by Gasteiger charge is 2.22. The lowest BCUT2D eigenvalue weighted by Gasteiger charge is -2.18. The maximum absolute atomic E-state index is 12.3. The maximum Gasteiger partial charge on any atom is 0.149 e. The molecule has 1 aromatic rings. The molecular formula is C6H8Cl2FNS2. The minimum absolute atomic E-state index is 0.581. The van der Waals surface area contributed by atoms with Crippen molar-refractivity contribution in [2.75, 3.05) is 12.3 Å². The topological polar surface area (TPSA) is 15.8 Å². The molecule has 1 N–H and O–H groups in total. The van der Waals surface area contributed by atoms with Crippen molar-refractivity contribution >= 4 is 41.6 Å². The number of hydrogen-bond acceptors (Lipinski definition) is 1. The Balaban J connectivity index is 2.88. The first kappa shape index (κ1) is 10.6. The molecule has 0 saturated heterocycles. The number of halogens is 3. The van der Waals surface area contributed by atoms with Gasteiger partial charge in [-0.3, -0.25) is 0 Å². The quantitative estimate of drug-likeness (QED) is 0.795. The highest BCUT2D eigenvalue weighted by molar-refractivity contribution is 8.65. The number of aromatic amines is 1. The van der Waals surface area contributed by atoms with E-state index < -0.39 is 14.5 Å². The molecule has 0 radical (unpaired) electrons. The summed E-state index contributed by atoms with van der Waals surface area (Å²) in [5.41, 5.74) is 0. The molecule has 0 unspecified atom stereocenters. The van der Waals surface area contributed by atoms with Crippen LogP contribution in [0.1, 0.15) is 0 Å². The number of H-pyrrole nitrogens is 1. The van der Waals surface area contributed by atoms with Crippen molar-refractivity contribution in [3.8, 4) is 0 Å². The fraction of sp³-hybridized carbons (Fsp3) is 0.333. The summed E-state index contributed by atoms with van der Waals surface area (Å²) in [5.74, 6) is 0. The van der Waals surface area contributed by atoms with Gasteiger partial charge in [0.2, 0.25) is 0 Å². The van der Waals surface area contributed by atoms with E-state index in [9.17, 15) is 4.39 Å². The molecular weight excluding hydrogens is 240 g/mol. The van der Waals surface area contributed by atoms with E-state index in [1.54, 1.807) is 6.07 Å². The first-order valence-electron chi connectivity index (χ1n) is 3.09. The Kier molecular flexibility index (Phi) is 3.64. The molecule has 0 aliphatic heterocycles. The van der Waals surface area contributed by atoms with E-state index in [0.29, 0.717) is 5.03 Å². The fourth-order valence-electron chi connectivity index (χ4n) is 0.708. The molecule has 0 spiro atoms. The molecule has 0 atom stereocenters. The van der Waals surface area contributed by atoms with Gasteiger partial charge in [0.05, 0.1) is 10.1 Å². The third-order valence-electron chi connectivity index (χ3n) is 1.31. The number of thioether (sulfide) groups is 1. The van der Waals surface area contributed by atoms with Gasteiger partial charge in [-0.2, -0.15) is 0 Å². The Bertz CT molecular complexity index is 264. The van der Waals surface area contributed by atoms with Gasteiger partial charge in [0.15, 0.2) is 0 Å². The van der Waals surface area contributed by atoms with Crippen molar-refractivity contribution in [3.05, 3.63) is 12.1 Å². The van der Waals surface area contributed by atoms with Crippen molar-refractivity contribution in [3.63, 3.8) is 0 Å². The minimum Gasteiger partial charge on any atom is -0.344 e. The molecule has 1 rings (SSSR count). The molecule has 6 heteroatoms. The van der Waals surface area contributed by atoms with Gasteiger partial charge in [-0.15, -0.1) is 11.8 Å². The second-order valence-electron chi connectivity index (χ2n) is 2.08. The van der Waals surface area contributed by atoms with Crippen LogP contribution in [0.2, 0.25) is 0 Å². The van der Waals surface area contributed by atoms with Crippen LogP contribution in [0.3, 0.4) is 0 Å². The molecule has 0 bridgehead atoms. The van der Waals surface area contributed by atoms with Crippen molar-refractivity contribution < 1.29 is 4.39 Å². The number of alkyl halides is 1. The average Bonchev–Trinajstić information content (AvgIpc) is 2.52. The van der Waals surface area contributed by atoms with Crippen LogP contribution >= 0.6 is 41.6 Å². The Hall–Kier alpha value is 0.490. The van der Waals surface area contributed by atoms with Crippen LogP contribution in [-0.2, 0) is 0 Å². The van der Waals surface area contributed by atoms with Gasteiger partial charge in [-0.1, -0.05) is 0 Å². The van der Waals surface area contributed by atoms with Gasteiger partial charge in [0.1, 0.15) is 6.01 Å². The summed E-state index contributed by atoms with van der Waals surface area (Å²) in [7, 11) is 9.22. The number of hydrogen-bond donors (Lipinski definition) is 1. The van der Waals surface area contributed by atoms with Crippen LogP contribution in [0.25, 0.3) is 0 Å². The van der Waals surface area contributed by atoms with Gasteiger partial charge in [0.25, 0.3) is 0 Å². The Morgan fingerprint density at radius 2 is 2.25 bits per heavy atom. The second kappa shape index (κ2) is 4.13. The molecule has 0 aliphatic carbocycles. The van der Waals surface area contributed by atoms with E-state index >= 15 is 0 Å². The highest BCUT2D eigenvalue weighted by Crippen LogP contribution is 2.64. The van der Waals surface area contributed by atoms with Crippen molar-refractivity contribution in [1.82, 2.24) is 4.98 Å². The first-order valence-corrected chi connectivity index (χ1v) is 7.77. The van der Waals surface area contributed by atoms with Gasteiger partial charge in [-0.05, 0) is 48.2 Å². The predicted octanol–water partition coefficient (Wildman–Crippen LogP) is 4.13. The van der Waals surface area contributed by atoms with Gasteiger partial charge < -0.3 is 4.98 Å².